The second kappa shape index (κ2) is 5.30. The highest BCUT2D eigenvalue weighted by Gasteiger charge is 2.29. The fourth-order valence-corrected chi connectivity index (χ4v) is 3.01. The number of aromatic nitrogens is 3. The predicted molar refractivity (Wildman–Crippen MR) is 72.1 cm³/mol. The number of rotatable bonds is 5. The zero-order chi connectivity index (χ0) is 13.2. The molecule has 2 N–H and O–H groups in total. The van der Waals surface area contributed by atoms with Crippen LogP contribution in [-0.4, -0.2) is 14.8 Å². The molecule has 6 heteroatoms. The molecule has 0 saturated heterocycles. The first-order chi connectivity index (χ1) is 9.29. The van der Waals surface area contributed by atoms with Crippen LogP contribution in [0.25, 0.3) is 0 Å². The summed E-state index contributed by atoms with van der Waals surface area (Å²) in [6.07, 6.45) is 2.30. The molecule has 1 aliphatic rings. The Bertz CT molecular complexity index is 580. The van der Waals surface area contributed by atoms with Crippen LogP contribution in [0.4, 0.5) is 4.39 Å². The fourth-order valence-electron chi connectivity index (χ4n) is 2.00. The van der Waals surface area contributed by atoms with Gasteiger partial charge in [0.2, 0.25) is 0 Å². The molecule has 1 aromatic heterocycles. The summed E-state index contributed by atoms with van der Waals surface area (Å²) >= 11 is 1.51. The molecule has 1 aliphatic carbocycles. The van der Waals surface area contributed by atoms with Gasteiger partial charge in [0.25, 0.3) is 0 Å². The van der Waals surface area contributed by atoms with Crippen LogP contribution in [0, 0.1) is 5.82 Å². The highest BCUT2D eigenvalue weighted by atomic mass is 32.2. The van der Waals surface area contributed by atoms with Crippen LogP contribution in [0.3, 0.4) is 0 Å². The average Bonchev–Trinajstić information content (AvgIpc) is 3.18. The third kappa shape index (κ3) is 2.64. The summed E-state index contributed by atoms with van der Waals surface area (Å²) in [6, 6.07) is 7.30. The molecule has 2 aromatic rings. The van der Waals surface area contributed by atoms with E-state index in [-0.39, 0.29) is 5.82 Å². The summed E-state index contributed by atoms with van der Waals surface area (Å²) < 4.78 is 15.7. The molecule has 0 spiro atoms. The zero-order valence-corrected chi connectivity index (χ0v) is 11.2. The number of halogens is 1. The van der Waals surface area contributed by atoms with Gasteiger partial charge in [0.1, 0.15) is 11.6 Å². The maximum Gasteiger partial charge on any atom is 0.191 e. The van der Waals surface area contributed by atoms with E-state index >= 15 is 0 Å². The van der Waals surface area contributed by atoms with E-state index in [1.165, 1.54) is 17.8 Å². The molecular weight excluding hydrogens is 263 g/mol. The predicted octanol–water partition coefficient (Wildman–Crippen LogP) is 2.50. The normalized spacial score (nSPS) is 14.8. The van der Waals surface area contributed by atoms with Gasteiger partial charge in [-0.25, -0.2) is 4.39 Å². The molecule has 1 heterocycles. The van der Waals surface area contributed by atoms with E-state index in [0.29, 0.717) is 23.9 Å². The van der Waals surface area contributed by atoms with Gasteiger partial charge in [-0.05, 0) is 24.5 Å². The number of hydrogen-bond acceptors (Lipinski definition) is 4. The van der Waals surface area contributed by atoms with E-state index in [9.17, 15) is 4.39 Å². The molecular formula is C13H15FN4S. The van der Waals surface area contributed by atoms with Gasteiger partial charge < -0.3 is 10.3 Å². The monoisotopic (exact) mass is 278 g/mol. The zero-order valence-electron chi connectivity index (χ0n) is 10.4. The summed E-state index contributed by atoms with van der Waals surface area (Å²) in [7, 11) is 0. The van der Waals surface area contributed by atoms with Gasteiger partial charge in [-0.15, -0.1) is 10.2 Å². The van der Waals surface area contributed by atoms with E-state index in [1.807, 2.05) is 6.07 Å². The fraction of sp³-hybridized carbons (Fsp3) is 0.385. The van der Waals surface area contributed by atoms with Crippen LogP contribution in [-0.2, 0) is 12.3 Å². The van der Waals surface area contributed by atoms with Gasteiger partial charge in [-0.1, -0.05) is 30.0 Å². The standard InChI is InChI=1S/C13H15FN4S/c14-11-4-2-1-3-9(11)8-19-13-17-16-12(7-15)18(13)10-5-6-10/h1-4,10H,5-8,15H2. The summed E-state index contributed by atoms with van der Waals surface area (Å²) in [5.41, 5.74) is 6.36. The summed E-state index contributed by atoms with van der Waals surface area (Å²) in [5, 5.41) is 9.11. The number of hydrogen-bond donors (Lipinski definition) is 1. The van der Waals surface area contributed by atoms with Gasteiger partial charge in [0, 0.05) is 11.8 Å². The van der Waals surface area contributed by atoms with Gasteiger partial charge >= 0.3 is 0 Å². The van der Waals surface area contributed by atoms with Crippen molar-refractivity contribution in [3.05, 3.63) is 41.5 Å². The van der Waals surface area contributed by atoms with Crippen LogP contribution in [0.5, 0.6) is 0 Å². The van der Waals surface area contributed by atoms with E-state index in [1.54, 1.807) is 12.1 Å². The van der Waals surface area contributed by atoms with Gasteiger partial charge in [0.15, 0.2) is 5.16 Å². The molecule has 4 nitrogen and oxygen atoms in total. The molecule has 1 aromatic carbocycles. The Kier molecular flexibility index (Phi) is 3.52. The lowest BCUT2D eigenvalue weighted by Crippen LogP contribution is -2.08. The Labute approximate surface area is 115 Å². The molecule has 0 bridgehead atoms. The number of thioether (sulfide) groups is 1. The van der Waals surface area contributed by atoms with Crippen molar-refractivity contribution >= 4 is 11.8 Å². The SMILES string of the molecule is NCc1nnc(SCc2ccccc2F)n1C1CC1. The van der Waals surface area contributed by atoms with Crippen molar-refractivity contribution < 1.29 is 4.39 Å². The molecule has 0 atom stereocenters. The third-order valence-corrected chi connectivity index (χ3v) is 4.14. The molecule has 0 radical (unpaired) electrons. The van der Waals surface area contributed by atoms with E-state index in [2.05, 4.69) is 14.8 Å². The maximum atomic E-state index is 13.6. The minimum atomic E-state index is -0.175. The Hall–Kier alpha value is -1.40. The highest BCUT2D eigenvalue weighted by molar-refractivity contribution is 7.98. The first-order valence-corrected chi connectivity index (χ1v) is 7.28. The molecule has 0 amide bonds. The van der Waals surface area contributed by atoms with Gasteiger partial charge in [-0.2, -0.15) is 0 Å². The Morgan fingerprint density at radius 3 is 2.79 bits per heavy atom. The molecule has 1 fully saturated rings. The lowest BCUT2D eigenvalue weighted by atomic mass is 10.2. The average molecular weight is 278 g/mol. The molecule has 19 heavy (non-hydrogen) atoms. The van der Waals surface area contributed by atoms with Crippen molar-refractivity contribution in [1.29, 1.82) is 0 Å². The number of nitrogens with two attached hydrogens (primary N) is 1. The lowest BCUT2D eigenvalue weighted by Gasteiger charge is -2.07. The third-order valence-electron chi connectivity index (χ3n) is 3.14. The van der Waals surface area contributed by atoms with E-state index in [4.69, 9.17) is 5.73 Å². The summed E-state index contributed by atoms with van der Waals surface area (Å²) in [4.78, 5) is 0. The smallest absolute Gasteiger partial charge is 0.191 e. The Balaban J connectivity index is 1.77. The lowest BCUT2D eigenvalue weighted by molar-refractivity contribution is 0.615. The van der Waals surface area contributed by atoms with Crippen molar-refractivity contribution in [3.63, 3.8) is 0 Å². The quantitative estimate of drug-likeness (QED) is 0.854. The van der Waals surface area contributed by atoms with Crippen molar-refractivity contribution in [2.45, 2.75) is 36.3 Å². The maximum absolute atomic E-state index is 13.6. The van der Waals surface area contributed by atoms with E-state index < -0.39 is 0 Å². The summed E-state index contributed by atoms with van der Waals surface area (Å²) in [6.45, 7) is 0.393. The molecule has 1 saturated carbocycles. The van der Waals surface area contributed by atoms with Gasteiger partial charge in [-0.3, -0.25) is 0 Å². The topological polar surface area (TPSA) is 56.7 Å². The minimum Gasteiger partial charge on any atom is -0.324 e. The van der Waals surface area contributed by atoms with Crippen LogP contribution in [0.2, 0.25) is 0 Å². The molecule has 0 unspecified atom stereocenters. The largest absolute Gasteiger partial charge is 0.324 e. The molecule has 3 rings (SSSR count). The van der Waals surface area contributed by atoms with Crippen molar-refractivity contribution in [2.75, 3.05) is 0 Å². The second-order valence-electron chi connectivity index (χ2n) is 4.58. The van der Waals surface area contributed by atoms with E-state index in [0.717, 1.165) is 23.8 Å². The molecule has 100 valence electrons. The summed E-state index contributed by atoms with van der Waals surface area (Å²) in [5.74, 6) is 1.20. The van der Waals surface area contributed by atoms with Crippen LogP contribution < -0.4 is 5.73 Å². The van der Waals surface area contributed by atoms with Crippen molar-refractivity contribution in [1.82, 2.24) is 14.8 Å². The Morgan fingerprint density at radius 1 is 1.32 bits per heavy atom. The highest BCUT2D eigenvalue weighted by Crippen LogP contribution is 2.39. The first kappa shape index (κ1) is 12.6. The van der Waals surface area contributed by atoms with Crippen LogP contribution in [0.15, 0.2) is 29.4 Å². The Morgan fingerprint density at radius 2 is 2.11 bits per heavy atom. The van der Waals surface area contributed by atoms with Crippen molar-refractivity contribution in [2.24, 2.45) is 5.73 Å². The molecule has 0 aliphatic heterocycles. The number of nitrogens with zero attached hydrogens (tertiary/aromatic N) is 3. The second-order valence-corrected chi connectivity index (χ2v) is 5.53. The van der Waals surface area contributed by atoms with Crippen LogP contribution >= 0.6 is 11.8 Å². The minimum absolute atomic E-state index is 0.175. The van der Waals surface area contributed by atoms with Crippen molar-refractivity contribution in [3.8, 4) is 0 Å². The first-order valence-electron chi connectivity index (χ1n) is 6.29. The van der Waals surface area contributed by atoms with Crippen LogP contribution in [0.1, 0.15) is 30.3 Å². The number of benzene rings is 1. The van der Waals surface area contributed by atoms with Gasteiger partial charge in [0.05, 0.1) is 6.54 Å².